The smallest absolute Gasteiger partial charge is 0.241 e. The minimum atomic E-state index is -3.76. The Morgan fingerprint density at radius 3 is 2.30 bits per heavy atom. The SMILES string of the molecule is Cc1ccc(OC2CC(C)CC(C)C2)c(S(N)(=O)=O)c1. The molecule has 1 fully saturated rings. The van der Waals surface area contributed by atoms with E-state index in [1.54, 1.807) is 12.1 Å². The number of hydrogen-bond donors (Lipinski definition) is 1. The van der Waals surface area contributed by atoms with Crippen LogP contribution in [-0.4, -0.2) is 14.5 Å². The number of sulfonamides is 1. The largest absolute Gasteiger partial charge is 0.489 e. The van der Waals surface area contributed by atoms with Crippen LogP contribution in [0.2, 0.25) is 0 Å². The van der Waals surface area contributed by atoms with Crippen LogP contribution in [0, 0.1) is 18.8 Å². The molecule has 0 amide bonds. The molecule has 0 bridgehead atoms. The molecule has 112 valence electrons. The van der Waals surface area contributed by atoms with Crippen LogP contribution >= 0.6 is 0 Å². The number of primary sulfonamides is 1. The van der Waals surface area contributed by atoms with Crippen LogP contribution < -0.4 is 9.88 Å². The molecule has 0 heterocycles. The lowest BCUT2D eigenvalue weighted by Gasteiger charge is -2.32. The lowest BCUT2D eigenvalue weighted by atomic mass is 9.82. The molecule has 1 aliphatic carbocycles. The predicted octanol–water partition coefficient (Wildman–Crippen LogP) is 2.85. The highest BCUT2D eigenvalue weighted by atomic mass is 32.2. The summed E-state index contributed by atoms with van der Waals surface area (Å²) >= 11 is 0. The van der Waals surface area contributed by atoms with Crippen molar-refractivity contribution in [2.24, 2.45) is 17.0 Å². The van der Waals surface area contributed by atoms with E-state index in [1.807, 2.05) is 13.0 Å². The molecule has 1 aliphatic rings. The second-order valence-corrected chi connectivity index (χ2v) is 7.68. The third-order valence-corrected chi connectivity index (χ3v) is 4.77. The maximum Gasteiger partial charge on any atom is 0.241 e. The van der Waals surface area contributed by atoms with E-state index in [-0.39, 0.29) is 11.0 Å². The van der Waals surface area contributed by atoms with Gasteiger partial charge in [0.1, 0.15) is 10.6 Å². The van der Waals surface area contributed by atoms with E-state index in [9.17, 15) is 8.42 Å². The predicted molar refractivity (Wildman–Crippen MR) is 79.1 cm³/mol. The molecular weight excluding hydrogens is 274 g/mol. The molecule has 2 rings (SSSR count). The number of rotatable bonds is 3. The highest BCUT2D eigenvalue weighted by molar-refractivity contribution is 7.89. The Balaban J connectivity index is 2.25. The molecule has 1 saturated carbocycles. The van der Waals surface area contributed by atoms with Gasteiger partial charge >= 0.3 is 0 Å². The third kappa shape index (κ3) is 3.73. The molecule has 0 aromatic heterocycles. The summed E-state index contributed by atoms with van der Waals surface area (Å²) in [4.78, 5) is 0.0865. The molecule has 0 radical (unpaired) electrons. The Labute approximate surface area is 121 Å². The Hall–Kier alpha value is -1.07. The first kappa shape index (κ1) is 15.3. The molecule has 5 heteroatoms. The first-order valence-electron chi connectivity index (χ1n) is 7.06. The van der Waals surface area contributed by atoms with Crippen molar-refractivity contribution in [1.82, 2.24) is 0 Å². The summed E-state index contributed by atoms with van der Waals surface area (Å²) in [5.74, 6) is 1.59. The van der Waals surface area contributed by atoms with Gasteiger partial charge in [0, 0.05) is 0 Å². The molecule has 20 heavy (non-hydrogen) atoms. The molecule has 4 nitrogen and oxygen atoms in total. The molecular formula is C15H23NO3S. The van der Waals surface area contributed by atoms with Crippen molar-refractivity contribution in [2.75, 3.05) is 0 Å². The van der Waals surface area contributed by atoms with Crippen molar-refractivity contribution >= 4 is 10.0 Å². The van der Waals surface area contributed by atoms with Crippen molar-refractivity contribution in [2.45, 2.75) is 51.0 Å². The summed E-state index contributed by atoms with van der Waals surface area (Å²) in [6.45, 7) is 6.26. The summed E-state index contributed by atoms with van der Waals surface area (Å²) < 4.78 is 29.3. The van der Waals surface area contributed by atoms with Crippen molar-refractivity contribution in [1.29, 1.82) is 0 Å². The summed E-state index contributed by atoms with van der Waals surface area (Å²) in [5, 5.41) is 5.28. The second kappa shape index (κ2) is 5.74. The zero-order valence-corrected chi connectivity index (χ0v) is 13.1. The van der Waals surface area contributed by atoms with E-state index in [0.29, 0.717) is 17.6 Å². The summed E-state index contributed by atoms with van der Waals surface area (Å²) in [6.07, 6.45) is 3.19. The van der Waals surface area contributed by atoms with Gasteiger partial charge in [-0.2, -0.15) is 0 Å². The fourth-order valence-corrected chi connectivity index (χ4v) is 3.83. The molecule has 2 unspecified atom stereocenters. The molecule has 0 spiro atoms. The van der Waals surface area contributed by atoms with Crippen LogP contribution in [0.25, 0.3) is 0 Å². The highest BCUT2D eigenvalue weighted by Gasteiger charge is 2.27. The minimum Gasteiger partial charge on any atom is -0.489 e. The number of benzene rings is 1. The van der Waals surface area contributed by atoms with Gasteiger partial charge in [-0.3, -0.25) is 0 Å². The average Bonchev–Trinajstić information content (AvgIpc) is 2.28. The zero-order valence-electron chi connectivity index (χ0n) is 12.3. The highest BCUT2D eigenvalue weighted by Crippen LogP contribution is 2.33. The van der Waals surface area contributed by atoms with E-state index in [2.05, 4.69) is 13.8 Å². The molecule has 0 aliphatic heterocycles. The normalized spacial score (nSPS) is 27.3. The maximum absolute atomic E-state index is 11.7. The van der Waals surface area contributed by atoms with Crippen LogP contribution in [0.1, 0.15) is 38.7 Å². The minimum absolute atomic E-state index is 0.0666. The lowest BCUT2D eigenvalue weighted by molar-refractivity contribution is 0.0982. The van der Waals surface area contributed by atoms with Gasteiger partial charge < -0.3 is 4.74 Å². The van der Waals surface area contributed by atoms with Crippen LogP contribution in [0.4, 0.5) is 0 Å². The van der Waals surface area contributed by atoms with Crippen LogP contribution in [0.15, 0.2) is 23.1 Å². The maximum atomic E-state index is 11.7. The monoisotopic (exact) mass is 297 g/mol. The van der Waals surface area contributed by atoms with Crippen LogP contribution in [-0.2, 0) is 10.0 Å². The summed E-state index contributed by atoms with van der Waals surface area (Å²) in [6, 6.07) is 5.12. The fourth-order valence-electron chi connectivity index (χ4n) is 3.08. The standard InChI is InChI=1S/C15H23NO3S/c1-10-4-5-14(15(9-10)20(16,17)18)19-13-7-11(2)6-12(3)8-13/h4-5,9,11-13H,6-8H2,1-3H3,(H2,16,17,18). The van der Waals surface area contributed by atoms with Gasteiger partial charge in [-0.15, -0.1) is 0 Å². The lowest BCUT2D eigenvalue weighted by Crippen LogP contribution is -2.29. The van der Waals surface area contributed by atoms with E-state index < -0.39 is 10.0 Å². The van der Waals surface area contributed by atoms with Crippen molar-refractivity contribution < 1.29 is 13.2 Å². The van der Waals surface area contributed by atoms with Gasteiger partial charge in [0.25, 0.3) is 0 Å². The molecule has 2 N–H and O–H groups in total. The summed E-state index contributed by atoms with van der Waals surface area (Å²) in [7, 11) is -3.76. The van der Waals surface area contributed by atoms with E-state index in [0.717, 1.165) is 18.4 Å². The van der Waals surface area contributed by atoms with Gasteiger partial charge in [0.05, 0.1) is 6.10 Å². The van der Waals surface area contributed by atoms with Gasteiger partial charge in [0.15, 0.2) is 0 Å². The Kier molecular flexibility index (Phi) is 4.39. The third-order valence-electron chi connectivity index (χ3n) is 3.83. The topological polar surface area (TPSA) is 69.4 Å². The Morgan fingerprint density at radius 2 is 1.75 bits per heavy atom. The Bertz CT molecular complexity index is 573. The van der Waals surface area contributed by atoms with Gasteiger partial charge in [-0.05, 0) is 55.7 Å². The number of nitrogens with two attached hydrogens (primary N) is 1. The zero-order chi connectivity index (χ0) is 14.9. The van der Waals surface area contributed by atoms with Crippen molar-refractivity contribution in [3.05, 3.63) is 23.8 Å². The van der Waals surface area contributed by atoms with Crippen LogP contribution in [0.3, 0.4) is 0 Å². The van der Waals surface area contributed by atoms with Gasteiger partial charge in [-0.25, -0.2) is 13.6 Å². The summed E-state index contributed by atoms with van der Waals surface area (Å²) in [5.41, 5.74) is 0.853. The van der Waals surface area contributed by atoms with Gasteiger partial charge in [-0.1, -0.05) is 19.9 Å². The quantitative estimate of drug-likeness (QED) is 0.932. The number of hydrogen-bond acceptors (Lipinski definition) is 3. The first-order chi connectivity index (χ1) is 9.25. The molecule has 1 aromatic rings. The first-order valence-corrected chi connectivity index (χ1v) is 8.60. The van der Waals surface area contributed by atoms with Crippen LogP contribution in [0.5, 0.6) is 5.75 Å². The molecule has 0 saturated heterocycles. The van der Waals surface area contributed by atoms with E-state index >= 15 is 0 Å². The second-order valence-electron chi connectivity index (χ2n) is 6.15. The van der Waals surface area contributed by atoms with Crippen molar-refractivity contribution in [3.8, 4) is 5.75 Å². The molecule has 1 aromatic carbocycles. The van der Waals surface area contributed by atoms with Crippen molar-refractivity contribution in [3.63, 3.8) is 0 Å². The Morgan fingerprint density at radius 1 is 1.15 bits per heavy atom. The number of ether oxygens (including phenoxy) is 1. The fraction of sp³-hybridized carbons (Fsp3) is 0.600. The average molecular weight is 297 g/mol. The van der Waals surface area contributed by atoms with E-state index in [4.69, 9.17) is 9.88 Å². The van der Waals surface area contributed by atoms with Gasteiger partial charge in [0.2, 0.25) is 10.0 Å². The number of aryl methyl sites for hydroxylation is 1. The van der Waals surface area contributed by atoms with E-state index in [1.165, 1.54) is 6.42 Å². The molecule has 2 atom stereocenters.